The van der Waals surface area contributed by atoms with Crippen LogP contribution < -0.4 is 4.72 Å². The maximum absolute atomic E-state index is 12.0. The summed E-state index contributed by atoms with van der Waals surface area (Å²) in [6.07, 6.45) is 0. The minimum absolute atomic E-state index is 0.0142. The number of hydrogen-bond donors (Lipinski definition) is 1. The molecule has 1 aromatic heterocycles. The first-order valence-corrected chi connectivity index (χ1v) is 5.68. The highest BCUT2D eigenvalue weighted by atomic mass is 35.5. The molecule has 4 nitrogen and oxygen atoms in total. The van der Waals surface area contributed by atoms with Crippen LogP contribution in [0.15, 0.2) is 12.1 Å². The summed E-state index contributed by atoms with van der Waals surface area (Å²) in [7, 11) is -4.65. The molecule has 0 aliphatic heterocycles. The van der Waals surface area contributed by atoms with Crippen molar-refractivity contribution >= 4 is 27.3 Å². The van der Waals surface area contributed by atoms with E-state index in [1.807, 2.05) is 0 Å². The van der Waals surface area contributed by atoms with Gasteiger partial charge in [0.1, 0.15) is 5.15 Å². The average Bonchev–Trinajstić information content (AvgIpc) is 2.09. The molecule has 0 radical (unpaired) electrons. The molecular formula is C7H7ClF2N2O2S. The summed E-state index contributed by atoms with van der Waals surface area (Å²) in [5, 5.41) is 0.160. The lowest BCUT2D eigenvalue weighted by atomic mass is 10.3. The van der Waals surface area contributed by atoms with E-state index in [1.54, 1.807) is 4.72 Å². The second-order valence-corrected chi connectivity index (χ2v) is 4.71. The van der Waals surface area contributed by atoms with Gasteiger partial charge in [-0.1, -0.05) is 11.6 Å². The van der Waals surface area contributed by atoms with Gasteiger partial charge in [-0.05, 0) is 19.1 Å². The molecule has 0 aliphatic rings. The number of aryl methyl sites for hydroxylation is 1. The van der Waals surface area contributed by atoms with E-state index in [4.69, 9.17) is 11.6 Å². The summed E-state index contributed by atoms with van der Waals surface area (Å²) in [6.45, 7) is 1.45. The third-order valence-electron chi connectivity index (χ3n) is 1.54. The lowest BCUT2D eigenvalue weighted by Gasteiger charge is -2.08. The summed E-state index contributed by atoms with van der Waals surface area (Å²) < 4.78 is 47.4. The Labute approximate surface area is 90.3 Å². The fourth-order valence-electron chi connectivity index (χ4n) is 0.836. The second-order valence-electron chi connectivity index (χ2n) is 2.67. The lowest BCUT2D eigenvalue weighted by Crippen LogP contribution is -2.21. The van der Waals surface area contributed by atoms with Crippen molar-refractivity contribution in [1.29, 1.82) is 0 Å². The maximum atomic E-state index is 12.0. The van der Waals surface area contributed by atoms with Crippen LogP contribution in [0.2, 0.25) is 5.15 Å². The first-order valence-electron chi connectivity index (χ1n) is 3.76. The molecule has 8 heteroatoms. The largest absolute Gasteiger partial charge is 0.355 e. The van der Waals surface area contributed by atoms with Gasteiger partial charge in [-0.25, -0.2) is 13.4 Å². The van der Waals surface area contributed by atoms with E-state index < -0.39 is 15.8 Å². The smallest absolute Gasteiger partial charge is 0.277 e. The van der Waals surface area contributed by atoms with Crippen molar-refractivity contribution in [3.63, 3.8) is 0 Å². The van der Waals surface area contributed by atoms with Crippen LogP contribution >= 0.6 is 11.6 Å². The van der Waals surface area contributed by atoms with Gasteiger partial charge in [0.15, 0.2) is 0 Å². The van der Waals surface area contributed by atoms with Crippen LogP contribution in [0, 0.1) is 6.92 Å². The van der Waals surface area contributed by atoms with E-state index in [9.17, 15) is 17.2 Å². The molecule has 0 aliphatic carbocycles. The summed E-state index contributed by atoms with van der Waals surface area (Å²) in [6, 6.07) is 2.57. The van der Waals surface area contributed by atoms with E-state index in [-0.39, 0.29) is 16.5 Å². The molecule has 1 aromatic rings. The van der Waals surface area contributed by atoms with Gasteiger partial charge in [-0.3, -0.25) is 4.72 Å². The van der Waals surface area contributed by atoms with Crippen LogP contribution in [0.1, 0.15) is 5.69 Å². The number of alkyl halides is 2. The Morgan fingerprint density at radius 3 is 2.53 bits per heavy atom. The molecule has 15 heavy (non-hydrogen) atoms. The Hall–Kier alpha value is -0.950. The fourth-order valence-corrected chi connectivity index (χ4v) is 1.64. The van der Waals surface area contributed by atoms with Crippen molar-refractivity contribution in [2.75, 3.05) is 4.72 Å². The molecular weight excluding hydrogens is 250 g/mol. The Morgan fingerprint density at radius 2 is 2.07 bits per heavy atom. The molecule has 0 unspecified atom stereocenters. The van der Waals surface area contributed by atoms with Crippen LogP contribution in [0.3, 0.4) is 0 Å². The minimum atomic E-state index is -4.65. The van der Waals surface area contributed by atoms with E-state index in [0.29, 0.717) is 0 Å². The zero-order valence-corrected chi connectivity index (χ0v) is 9.11. The molecule has 84 valence electrons. The third-order valence-corrected chi connectivity index (χ3v) is 2.72. The number of halogens is 3. The van der Waals surface area contributed by atoms with Gasteiger partial charge in [0.25, 0.3) is 10.0 Å². The Kier molecular flexibility index (Phi) is 3.46. The summed E-state index contributed by atoms with van der Waals surface area (Å²) in [5.74, 6) is -3.48. The Bertz CT molecular complexity index is 464. The number of nitrogens with one attached hydrogen (secondary N) is 1. The summed E-state index contributed by atoms with van der Waals surface area (Å²) in [5.41, 5.74) is 0.214. The van der Waals surface area contributed by atoms with Gasteiger partial charge in [0, 0.05) is 0 Å². The van der Waals surface area contributed by atoms with Gasteiger partial charge in [0.05, 0.1) is 11.4 Å². The van der Waals surface area contributed by atoms with Crippen molar-refractivity contribution < 1.29 is 17.2 Å². The highest BCUT2D eigenvalue weighted by Gasteiger charge is 2.24. The van der Waals surface area contributed by atoms with Crippen LogP contribution in [0.5, 0.6) is 0 Å². The predicted molar refractivity (Wildman–Crippen MR) is 52.5 cm³/mol. The first kappa shape index (κ1) is 12.1. The molecule has 0 aromatic carbocycles. The predicted octanol–water partition coefficient (Wildman–Crippen LogP) is 2.01. The van der Waals surface area contributed by atoms with E-state index in [1.165, 1.54) is 19.1 Å². The van der Waals surface area contributed by atoms with Gasteiger partial charge in [-0.15, -0.1) is 0 Å². The van der Waals surface area contributed by atoms with Crippen molar-refractivity contribution in [2.24, 2.45) is 0 Å². The quantitative estimate of drug-likeness (QED) is 0.842. The molecule has 1 heterocycles. The third kappa shape index (κ3) is 3.00. The van der Waals surface area contributed by atoms with Crippen molar-refractivity contribution in [3.05, 3.63) is 23.0 Å². The number of aromatic nitrogens is 1. The topological polar surface area (TPSA) is 59.1 Å². The molecule has 0 saturated heterocycles. The van der Waals surface area contributed by atoms with Crippen molar-refractivity contribution in [1.82, 2.24) is 4.98 Å². The van der Waals surface area contributed by atoms with Gasteiger partial charge in [0.2, 0.25) is 0 Å². The Morgan fingerprint density at radius 1 is 1.47 bits per heavy atom. The highest BCUT2D eigenvalue weighted by Crippen LogP contribution is 2.18. The normalized spacial score (nSPS) is 11.8. The van der Waals surface area contributed by atoms with E-state index in [2.05, 4.69) is 4.98 Å². The summed E-state index contributed by atoms with van der Waals surface area (Å²) in [4.78, 5) is 3.71. The molecule has 0 atom stereocenters. The van der Waals surface area contributed by atoms with Crippen LogP contribution in [0.25, 0.3) is 0 Å². The fraction of sp³-hybridized carbons (Fsp3) is 0.286. The van der Waals surface area contributed by atoms with Crippen LogP contribution in [-0.2, 0) is 10.0 Å². The molecule has 0 fully saturated rings. The van der Waals surface area contributed by atoms with Crippen molar-refractivity contribution in [2.45, 2.75) is 12.7 Å². The van der Waals surface area contributed by atoms with Gasteiger partial charge < -0.3 is 0 Å². The lowest BCUT2D eigenvalue weighted by molar-refractivity contribution is 0.236. The number of hydrogen-bond acceptors (Lipinski definition) is 3. The number of pyridine rings is 1. The molecule has 0 spiro atoms. The molecule has 1 N–H and O–H groups in total. The highest BCUT2D eigenvalue weighted by molar-refractivity contribution is 7.93. The molecule has 0 bridgehead atoms. The zero-order valence-electron chi connectivity index (χ0n) is 7.54. The van der Waals surface area contributed by atoms with Crippen molar-refractivity contribution in [3.8, 4) is 0 Å². The minimum Gasteiger partial charge on any atom is -0.277 e. The standard InChI is InChI=1S/C7H7ClF2N2O2S/c1-4-5(2-3-6(8)11-4)12-15(13,14)7(9)10/h2-3,7,12H,1H3. The van der Waals surface area contributed by atoms with Gasteiger partial charge >= 0.3 is 5.76 Å². The SMILES string of the molecule is Cc1nc(Cl)ccc1NS(=O)(=O)C(F)F. The summed E-state index contributed by atoms with van der Waals surface area (Å²) >= 11 is 5.51. The maximum Gasteiger partial charge on any atom is 0.355 e. The number of nitrogens with zero attached hydrogens (tertiary/aromatic N) is 1. The number of rotatable bonds is 3. The zero-order chi connectivity index (χ0) is 11.6. The van der Waals surface area contributed by atoms with E-state index >= 15 is 0 Å². The number of anilines is 1. The Balaban J connectivity index is 3.01. The number of sulfonamides is 1. The van der Waals surface area contributed by atoms with Crippen LogP contribution in [0.4, 0.5) is 14.5 Å². The molecule has 0 amide bonds. The molecule has 1 rings (SSSR count). The average molecular weight is 257 g/mol. The first-order chi connectivity index (χ1) is 6.83. The monoisotopic (exact) mass is 256 g/mol. The van der Waals surface area contributed by atoms with Gasteiger partial charge in [-0.2, -0.15) is 8.78 Å². The second kappa shape index (κ2) is 4.28. The van der Waals surface area contributed by atoms with E-state index in [0.717, 1.165) is 0 Å². The molecule has 0 saturated carbocycles. The van der Waals surface area contributed by atoms with Crippen LogP contribution in [-0.4, -0.2) is 19.2 Å².